The van der Waals surface area contributed by atoms with Crippen LogP contribution < -0.4 is 9.47 Å². The van der Waals surface area contributed by atoms with Crippen molar-refractivity contribution < 1.29 is 23.8 Å². The van der Waals surface area contributed by atoms with Crippen LogP contribution in [-0.2, 0) is 0 Å². The number of hydrogen-bond acceptors (Lipinski definition) is 4. The topological polar surface area (TPSA) is 59.0 Å². The summed E-state index contributed by atoms with van der Waals surface area (Å²) in [4.78, 5) is 14.5. The number of aromatic hydroxyl groups is 1. The number of carbonyl (C=O) groups is 1. The number of rotatable bonds is 5. The van der Waals surface area contributed by atoms with E-state index in [2.05, 4.69) is 0 Å². The number of phenolic OH excluding ortho intramolecular Hbond substituents is 1. The molecule has 1 unspecified atom stereocenters. The van der Waals surface area contributed by atoms with Crippen LogP contribution in [0.4, 0.5) is 4.39 Å². The predicted octanol–water partition coefficient (Wildman–Crippen LogP) is 3.47. The number of piperidine rings is 1. The van der Waals surface area contributed by atoms with Gasteiger partial charge >= 0.3 is 0 Å². The summed E-state index contributed by atoms with van der Waals surface area (Å²) < 4.78 is 23.7. The van der Waals surface area contributed by atoms with Crippen LogP contribution in [0.2, 0.25) is 0 Å². The fourth-order valence-electron chi connectivity index (χ4n) is 3.14. The number of methoxy groups -OCH3 is 1. The van der Waals surface area contributed by atoms with Gasteiger partial charge in [0.05, 0.1) is 13.7 Å². The summed E-state index contributed by atoms with van der Waals surface area (Å²) >= 11 is 0. The van der Waals surface area contributed by atoms with Crippen LogP contribution in [0.1, 0.15) is 23.2 Å². The van der Waals surface area contributed by atoms with E-state index in [1.807, 2.05) is 0 Å². The lowest BCUT2D eigenvalue weighted by atomic mass is 9.98. The van der Waals surface area contributed by atoms with E-state index in [9.17, 15) is 14.3 Å². The minimum absolute atomic E-state index is 0.0495. The van der Waals surface area contributed by atoms with Crippen LogP contribution >= 0.6 is 0 Å². The van der Waals surface area contributed by atoms with E-state index in [-0.39, 0.29) is 23.4 Å². The number of hydrogen-bond donors (Lipinski definition) is 1. The predicted molar refractivity (Wildman–Crippen MR) is 95.2 cm³/mol. The molecule has 2 aromatic carbocycles. The molecular formula is C20H22FNO4. The van der Waals surface area contributed by atoms with Crippen LogP contribution in [0.3, 0.4) is 0 Å². The molecule has 1 amide bonds. The van der Waals surface area contributed by atoms with Crippen molar-refractivity contribution in [2.45, 2.75) is 12.8 Å². The van der Waals surface area contributed by atoms with Gasteiger partial charge < -0.3 is 19.5 Å². The summed E-state index contributed by atoms with van der Waals surface area (Å²) in [5.74, 6) is 0.709. The number of nitrogens with zero attached hydrogens (tertiary/aromatic N) is 1. The molecule has 0 aromatic heterocycles. The summed E-state index contributed by atoms with van der Waals surface area (Å²) in [6.45, 7) is 1.74. The quantitative estimate of drug-likeness (QED) is 0.888. The third-order valence-electron chi connectivity index (χ3n) is 4.53. The van der Waals surface area contributed by atoms with Gasteiger partial charge in [-0.1, -0.05) is 0 Å². The number of benzene rings is 2. The summed E-state index contributed by atoms with van der Waals surface area (Å²) in [6, 6.07) is 10.6. The van der Waals surface area contributed by atoms with Gasteiger partial charge in [-0.3, -0.25) is 4.79 Å². The van der Waals surface area contributed by atoms with Crippen molar-refractivity contribution in [3.05, 3.63) is 53.8 Å². The Labute approximate surface area is 152 Å². The summed E-state index contributed by atoms with van der Waals surface area (Å²) in [6.07, 6.45) is 1.87. The van der Waals surface area contributed by atoms with E-state index in [0.29, 0.717) is 36.8 Å². The normalized spacial score (nSPS) is 17.0. The van der Waals surface area contributed by atoms with E-state index in [1.165, 1.54) is 25.3 Å². The number of amides is 1. The maximum absolute atomic E-state index is 12.9. The largest absolute Gasteiger partial charge is 0.504 e. The Morgan fingerprint density at radius 3 is 2.73 bits per heavy atom. The van der Waals surface area contributed by atoms with Crippen LogP contribution in [0.15, 0.2) is 42.5 Å². The lowest BCUT2D eigenvalue weighted by Gasteiger charge is -2.32. The van der Waals surface area contributed by atoms with E-state index in [1.54, 1.807) is 29.2 Å². The molecule has 1 N–H and O–H groups in total. The highest BCUT2D eigenvalue weighted by molar-refractivity contribution is 5.95. The van der Waals surface area contributed by atoms with Gasteiger partial charge in [0, 0.05) is 24.6 Å². The lowest BCUT2D eigenvalue weighted by Crippen LogP contribution is -2.41. The third kappa shape index (κ3) is 4.25. The second-order valence-corrected chi connectivity index (χ2v) is 6.41. The van der Waals surface area contributed by atoms with Crippen LogP contribution in [0, 0.1) is 11.7 Å². The molecule has 1 heterocycles. The van der Waals surface area contributed by atoms with Gasteiger partial charge in [-0.15, -0.1) is 0 Å². The molecule has 0 spiro atoms. The first kappa shape index (κ1) is 18.0. The molecule has 2 aromatic rings. The fraction of sp³-hybridized carbons (Fsp3) is 0.350. The van der Waals surface area contributed by atoms with Crippen molar-refractivity contribution in [2.24, 2.45) is 5.92 Å². The van der Waals surface area contributed by atoms with Crippen LogP contribution in [-0.4, -0.2) is 42.7 Å². The van der Waals surface area contributed by atoms with Crippen molar-refractivity contribution in [2.75, 3.05) is 26.8 Å². The molecule has 1 aliphatic rings. The summed E-state index contributed by atoms with van der Waals surface area (Å²) in [7, 11) is 1.47. The standard InChI is InChI=1S/C20H22FNO4/c1-25-19-9-4-15(11-18(19)23)20(24)22-10-2-3-14(12-22)13-26-17-7-5-16(21)6-8-17/h4-9,11,14,23H,2-3,10,12-13H2,1H3. The maximum atomic E-state index is 12.9. The second kappa shape index (κ2) is 8.08. The Kier molecular flexibility index (Phi) is 5.61. The molecule has 0 bridgehead atoms. The molecule has 1 saturated heterocycles. The van der Waals surface area contributed by atoms with Gasteiger partial charge in [-0.2, -0.15) is 0 Å². The molecule has 6 heteroatoms. The van der Waals surface area contributed by atoms with Crippen molar-refractivity contribution in [3.63, 3.8) is 0 Å². The Hall–Kier alpha value is -2.76. The van der Waals surface area contributed by atoms with E-state index in [4.69, 9.17) is 9.47 Å². The first-order chi connectivity index (χ1) is 12.6. The average molecular weight is 359 g/mol. The SMILES string of the molecule is COc1ccc(C(=O)N2CCCC(COc3ccc(F)cc3)C2)cc1O. The number of carbonyl (C=O) groups excluding carboxylic acids is 1. The van der Waals surface area contributed by atoms with Gasteiger partial charge in [0.2, 0.25) is 0 Å². The van der Waals surface area contributed by atoms with E-state index >= 15 is 0 Å². The average Bonchev–Trinajstić information content (AvgIpc) is 2.67. The number of likely N-dealkylation sites (tertiary alicyclic amines) is 1. The molecule has 1 fully saturated rings. The minimum Gasteiger partial charge on any atom is -0.504 e. The van der Waals surface area contributed by atoms with E-state index < -0.39 is 0 Å². The van der Waals surface area contributed by atoms with Gasteiger partial charge in [-0.05, 0) is 55.3 Å². The van der Waals surface area contributed by atoms with Crippen LogP contribution in [0.5, 0.6) is 17.2 Å². The summed E-state index contributed by atoms with van der Waals surface area (Å²) in [5.41, 5.74) is 0.434. The van der Waals surface area contributed by atoms with E-state index in [0.717, 1.165) is 12.8 Å². The van der Waals surface area contributed by atoms with Crippen molar-refractivity contribution in [1.82, 2.24) is 4.90 Å². The van der Waals surface area contributed by atoms with Crippen molar-refractivity contribution in [3.8, 4) is 17.2 Å². The zero-order valence-corrected chi connectivity index (χ0v) is 14.7. The number of ether oxygens (including phenoxy) is 2. The minimum atomic E-state index is -0.297. The van der Waals surface area contributed by atoms with Gasteiger partial charge in [0.1, 0.15) is 11.6 Å². The smallest absolute Gasteiger partial charge is 0.254 e. The zero-order valence-electron chi connectivity index (χ0n) is 14.7. The van der Waals surface area contributed by atoms with Crippen molar-refractivity contribution >= 4 is 5.91 Å². The Morgan fingerprint density at radius 1 is 1.27 bits per heavy atom. The zero-order chi connectivity index (χ0) is 18.5. The summed E-state index contributed by atoms with van der Waals surface area (Å²) in [5, 5.41) is 9.88. The monoisotopic (exact) mass is 359 g/mol. The Balaban J connectivity index is 1.59. The molecule has 3 rings (SSSR count). The van der Waals surface area contributed by atoms with Gasteiger partial charge in [0.25, 0.3) is 5.91 Å². The highest BCUT2D eigenvalue weighted by Crippen LogP contribution is 2.28. The molecule has 0 saturated carbocycles. The molecule has 26 heavy (non-hydrogen) atoms. The number of phenols is 1. The van der Waals surface area contributed by atoms with Crippen LogP contribution in [0.25, 0.3) is 0 Å². The molecular weight excluding hydrogens is 337 g/mol. The Bertz CT molecular complexity index is 763. The lowest BCUT2D eigenvalue weighted by molar-refractivity contribution is 0.0633. The molecule has 1 atom stereocenters. The Morgan fingerprint density at radius 2 is 2.04 bits per heavy atom. The van der Waals surface area contributed by atoms with Crippen molar-refractivity contribution in [1.29, 1.82) is 0 Å². The second-order valence-electron chi connectivity index (χ2n) is 6.41. The first-order valence-electron chi connectivity index (χ1n) is 8.61. The number of halogens is 1. The molecule has 0 aliphatic carbocycles. The van der Waals surface area contributed by atoms with Gasteiger partial charge in [-0.25, -0.2) is 4.39 Å². The highest BCUT2D eigenvalue weighted by atomic mass is 19.1. The first-order valence-corrected chi connectivity index (χ1v) is 8.61. The van der Waals surface area contributed by atoms with Gasteiger partial charge in [0.15, 0.2) is 11.5 Å². The third-order valence-corrected chi connectivity index (χ3v) is 4.53. The molecule has 5 nitrogen and oxygen atoms in total. The highest BCUT2D eigenvalue weighted by Gasteiger charge is 2.25. The fourth-order valence-corrected chi connectivity index (χ4v) is 3.14. The maximum Gasteiger partial charge on any atom is 0.254 e. The molecule has 1 aliphatic heterocycles. The molecule has 0 radical (unpaired) electrons. The molecule has 138 valence electrons.